The smallest absolute Gasteiger partial charge is 0.337 e. The number of nitrogens with zero attached hydrogens (tertiary/aromatic N) is 1. The summed E-state index contributed by atoms with van der Waals surface area (Å²) in [5.74, 6) is -0.965. The summed E-state index contributed by atoms with van der Waals surface area (Å²) in [6, 6.07) is 9.35. The van der Waals surface area contributed by atoms with Gasteiger partial charge in [0.15, 0.2) is 0 Å². The Hall–Kier alpha value is -2.71. The number of sulfonamides is 1. The fourth-order valence-electron chi connectivity index (χ4n) is 2.91. The number of aryl methyl sites for hydroxylation is 2. The van der Waals surface area contributed by atoms with E-state index in [-0.39, 0.29) is 10.5 Å². The van der Waals surface area contributed by atoms with Gasteiger partial charge in [-0.25, -0.2) is 13.2 Å². The molecule has 0 aliphatic heterocycles. The van der Waals surface area contributed by atoms with Crippen LogP contribution in [0, 0.1) is 13.8 Å². The standard InChI is InChI=1S/C21H26N2O5S/c1-6-23(7-2)29(26,27)17-11-9-14(3)18(13-17)20(24)22-19-12-16(21(25)28-5)10-8-15(19)4/h8-13H,6-7H2,1-5H3,(H,22,24). The molecule has 0 unspecified atom stereocenters. The zero-order valence-corrected chi connectivity index (χ0v) is 18.1. The van der Waals surface area contributed by atoms with Crippen molar-refractivity contribution in [2.24, 2.45) is 0 Å². The molecule has 0 radical (unpaired) electrons. The zero-order chi connectivity index (χ0) is 21.8. The van der Waals surface area contributed by atoms with Gasteiger partial charge < -0.3 is 10.1 Å². The van der Waals surface area contributed by atoms with Crippen LogP contribution in [0.25, 0.3) is 0 Å². The summed E-state index contributed by atoms with van der Waals surface area (Å²) >= 11 is 0. The normalized spacial score (nSPS) is 11.4. The Balaban J connectivity index is 2.41. The van der Waals surface area contributed by atoms with Gasteiger partial charge in [-0.3, -0.25) is 4.79 Å². The fraction of sp³-hybridized carbons (Fsp3) is 0.333. The van der Waals surface area contributed by atoms with E-state index >= 15 is 0 Å². The molecule has 0 fully saturated rings. The Kier molecular flexibility index (Phi) is 7.16. The number of hydrogen-bond acceptors (Lipinski definition) is 5. The second-order valence-corrected chi connectivity index (χ2v) is 8.48. The van der Waals surface area contributed by atoms with Crippen molar-refractivity contribution in [1.29, 1.82) is 0 Å². The number of nitrogens with one attached hydrogen (secondary N) is 1. The first-order chi connectivity index (χ1) is 13.6. The average Bonchev–Trinajstić information content (AvgIpc) is 2.69. The van der Waals surface area contributed by atoms with E-state index in [4.69, 9.17) is 4.74 Å². The van der Waals surface area contributed by atoms with Gasteiger partial charge in [-0.2, -0.15) is 4.31 Å². The summed E-state index contributed by atoms with van der Waals surface area (Å²) in [5.41, 5.74) is 2.41. The molecule has 0 bridgehead atoms. The Labute approximate surface area is 171 Å². The van der Waals surface area contributed by atoms with Gasteiger partial charge in [-0.1, -0.05) is 26.0 Å². The summed E-state index contributed by atoms with van der Waals surface area (Å²) < 4.78 is 31.6. The maximum atomic E-state index is 12.9. The monoisotopic (exact) mass is 418 g/mol. The average molecular weight is 419 g/mol. The highest BCUT2D eigenvalue weighted by Crippen LogP contribution is 2.22. The lowest BCUT2D eigenvalue weighted by atomic mass is 10.1. The molecule has 7 nitrogen and oxygen atoms in total. The summed E-state index contributed by atoms with van der Waals surface area (Å²) in [6.45, 7) is 7.74. The van der Waals surface area contributed by atoms with Crippen LogP contribution in [0.4, 0.5) is 5.69 Å². The zero-order valence-electron chi connectivity index (χ0n) is 17.3. The molecule has 0 aromatic heterocycles. The molecule has 0 aliphatic rings. The number of amides is 1. The number of hydrogen-bond donors (Lipinski definition) is 1. The van der Waals surface area contributed by atoms with Gasteiger partial charge in [-0.05, 0) is 49.2 Å². The number of esters is 1. The number of carbonyl (C=O) groups excluding carboxylic acids is 2. The first-order valence-electron chi connectivity index (χ1n) is 9.26. The van der Waals surface area contributed by atoms with Gasteiger partial charge in [0.25, 0.3) is 5.91 Å². The molecular weight excluding hydrogens is 392 g/mol. The predicted molar refractivity (Wildman–Crippen MR) is 112 cm³/mol. The summed E-state index contributed by atoms with van der Waals surface area (Å²) in [5, 5.41) is 2.77. The first kappa shape index (κ1) is 22.6. The predicted octanol–water partition coefficient (Wildman–Crippen LogP) is 3.37. The molecule has 0 atom stereocenters. The van der Waals surface area contributed by atoms with Gasteiger partial charge in [0.1, 0.15) is 0 Å². The van der Waals surface area contributed by atoms with Crippen LogP contribution in [-0.2, 0) is 14.8 Å². The lowest BCUT2D eigenvalue weighted by molar-refractivity contribution is 0.0600. The molecule has 0 saturated heterocycles. The second-order valence-electron chi connectivity index (χ2n) is 6.54. The second kappa shape index (κ2) is 9.19. The van der Waals surface area contributed by atoms with Gasteiger partial charge in [0.2, 0.25) is 10.0 Å². The molecule has 0 aliphatic carbocycles. The van der Waals surface area contributed by atoms with Crippen molar-refractivity contribution >= 4 is 27.6 Å². The molecule has 0 heterocycles. The molecule has 0 saturated carbocycles. The van der Waals surface area contributed by atoms with Crippen molar-refractivity contribution in [1.82, 2.24) is 4.31 Å². The van der Waals surface area contributed by atoms with Crippen LogP contribution >= 0.6 is 0 Å². The summed E-state index contributed by atoms with van der Waals surface area (Å²) in [7, 11) is -2.40. The van der Waals surface area contributed by atoms with Crippen LogP contribution < -0.4 is 5.32 Å². The van der Waals surface area contributed by atoms with E-state index in [1.54, 1.807) is 45.9 Å². The first-order valence-corrected chi connectivity index (χ1v) is 10.7. The van der Waals surface area contributed by atoms with E-state index in [2.05, 4.69) is 5.32 Å². The van der Waals surface area contributed by atoms with Crippen molar-refractivity contribution in [3.63, 3.8) is 0 Å². The van der Waals surface area contributed by atoms with Crippen molar-refractivity contribution in [2.75, 3.05) is 25.5 Å². The van der Waals surface area contributed by atoms with E-state index in [0.717, 1.165) is 5.56 Å². The minimum absolute atomic E-state index is 0.0667. The minimum Gasteiger partial charge on any atom is -0.465 e. The van der Waals surface area contributed by atoms with Gasteiger partial charge in [0.05, 0.1) is 17.6 Å². The van der Waals surface area contributed by atoms with E-state index in [9.17, 15) is 18.0 Å². The van der Waals surface area contributed by atoms with Crippen molar-refractivity contribution in [3.8, 4) is 0 Å². The number of anilines is 1. The number of methoxy groups -OCH3 is 1. The molecule has 1 amide bonds. The Morgan fingerprint density at radius 3 is 2.21 bits per heavy atom. The molecule has 1 N–H and O–H groups in total. The molecule has 156 valence electrons. The number of ether oxygens (including phenoxy) is 1. The Morgan fingerprint density at radius 2 is 1.62 bits per heavy atom. The lowest BCUT2D eigenvalue weighted by Gasteiger charge is -2.19. The maximum Gasteiger partial charge on any atom is 0.337 e. The van der Waals surface area contributed by atoms with Gasteiger partial charge in [0, 0.05) is 24.3 Å². The number of benzene rings is 2. The van der Waals surface area contributed by atoms with Crippen LogP contribution in [0.15, 0.2) is 41.3 Å². The molecule has 2 aromatic carbocycles. The van der Waals surface area contributed by atoms with Crippen molar-refractivity contribution < 1.29 is 22.7 Å². The third kappa shape index (κ3) is 4.83. The van der Waals surface area contributed by atoms with Crippen LogP contribution in [0.2, 0.25) is 0 Å². The maximum absolute atomic E-state index is 12.9. The summed E-state index contributed by atoms with van der Waals surface area (Å²) in [6.07, 6.45) is 0. The highest BCUT2D eigenvalue weighted by molar-refractivity contribution is 7.89. The van der Waals surface area contributed by atoms with Gasteiger partial charge >= 0.3 is 5.97 Å². The number of carbonyl (C=O) groups is 2. The van der Waals surface area contributed by atoms with E-state index in [0.29, 0.717) is 29.9 Å². The molecule has 2 rings (SSSR count). The highest BCUT2D eigenvalue weighted by atomic mass is 32.2. The third-order valence-corrected chi connectivity index (χ3v) is 6.75. The van der Waals surface area contributed by atoms with E-state index in [1.807, 2.05) is 0 Å². The van der Waals surface area contributed by atoms with E-state index < -0.39 is 21.9 Å². The van der Waals surface area contributed by atoms with Crippen LogP contribution in [-0.4, -0.2) is 44.8 Å². The Morgan fingerprint density at radius 1 is 1.00 bits per heavy atom. The third-order valence-electron chi connectivity index (χ3n) is 4.70. The molecule has 8 heteroatoms. The minimum atomic E-state index is -3.68. The fourth-order valence-corrected chi connectivity index (χ4v) is 4.39. The van der Waals surface area contributed by atoms with E-state index in [1.165, 1.54) is 29.6 Å². The SMILES string of the molecule is CCN(CC)S(=O)(=O)c1ccc(C)c(C(=O)Nc2cc(C(=O)OC)ccc2C)c1. The topological polar surface area (TPSA) is 92.8 Å². The van der Waals surface area contributed by atoms with Crippen LogP contribution in [0.5, 0.6) is 0 Å². The number of rotatable bonds is 7. The molecule has 2 aromatic rings. The Bertz CT molecular complexity index is 1030. The quantitative estimate of drug-likeness (QED) is 0.696. The summed E-state index contributed by atoms with van der Waals surface area (Å²) in [4.78, 5) is 24.7. The molecule has 29 heavy (non-hydrogen) atoms. The molecular formula is C21H26N2O5S. The lowest BCUT2D eigenvalue weighted by Crippen LogP contribution is -2.30. The largest absolute Gasteiger partial charge is 0.465 e. The molecule has 0 spiro atoms. The highest BCUT2D eigenvalue weighted by Gasteiger charge is 2.23. The van der Waals surface area contributed by atoms with Crippen molar-refractivity contribution in [3.05, 3.63) is 58.7 Å². The van der Waals surface area contributed by atoms with Crippen molar-refractivity contribution in [2.45, 2.75) is 32.6 Å². The van der Waals surface area contributed by atoms with Crippen LogP contribution in [0.1, 0.15) is 45.7 Å². The van der Waals surface area contributed by atoms with Crippen LogP contribution in [0.3, 0.4) is 0 Å². The van der Waals surface area contributed by atoms with Gasteiger partial charge in [-0.15, -0.1) is 0 Å².